The average Bonchev–Trinajstić information content (AvgIpc) is 2.91. The molecule has 0 amide bonds. The molecule has 0 saturated heterocycles. The zero-order valence-electron chi connectivity index (χ0n) is 13.9. The van der Waals surface area contributed by atoms with Crippen molar-refractivity contribution >= 4 is 0 Å². The molecule has 3 heteroatoms. The Balaban J connectivity index is 1.99. The van der Waals surface area contributed by atoms with Gasteiger partial charge in [-0.25, -0.2) is 0 Å². The first-order valence-electron chi connectivity index (χ1n) is 8.19. The van der Waals surface area contributed by atoms with Gasteiger partial charge < -0.3 is 14.2 Å². The van der Waals surface area contributed by atoms with Crippen molar-refractivity contribution in [2.45, 2.75) is 32.2 Å². The second-order valence-electron chi connectivity index (χ2n) is 6.39. The van der Waals surface area contributed by atoms with E-state index in [2.05, 4.69) is 53.9 Å². The summed E-state index contributed by atoms with van der Waals surface area (Å²) in [5.74, 6) is 0.917. The molecule has 0 N–H and O–H groups in total. The van der Waals surface area contributed by atoms with Crippen LogP contribution in [-0.2, 0) is 19.4 Å². The van der Waals surface area contributed by atoms with Crippen molar-refractivity contribution in [3.8, 4) is 17.0 Å². The van der Waals surface area contributed by atoms with Gasteiger partial charge in [0.1, 0.15) is 5.75 Å². The fourth-order valence-corrected chi connectivity index (χ4v) is 3.32. The third kappa shape index (κ3) is 3.05. The maximum absolute atomic E-state index is 5.28. The first kappa shape index (κ1) is 15.2. The Morgan fingerprint density at radius 3 is 2.50 bits per heavy atom. The van der Waals surface area contributed by atoms with E-state index < -0.39 is 0 Å². The third-order valence-corrected chi connectivity index (χ3v) is 4.56. The zero-order chi connectivity index (χ0) is 15.5. The molecule has 0 aliphatic heterocycles. The van der Waals surface area contributed by atoms with Crippen molar-refractivity contribution in [2.24, 2.45) is 0 Å². The summed E-state index contributed by atoms with van der Waals surface area (Å²) in [6, 6.07) is 10.9. The third-order valence-electron chi connectivity index (χ3n) is 4.56. The molecule has 1 heterocycles. The van der Waals surface area contributed by atoms with E-state index in [1.54, 1.807) is 18.4 Å². The quantitative estimate of drug-likeness (QED) is 0.839. The SMILES string of the molecule is COc1ccc(-c2cc3c(n2CCN(C)C)CCCC3)cc1. The molecule has 1 aromatic heterocycles. The Kier molecular flexibility index (Phi) is 4.53. The van der Waals surface area contributed by atoms with Gasteiger partial charge in [0.15, 0.2) is 0 Å². The van der Waals surface area contributed by atoms with Gasteiger partial charge in [0.05, 0.1) is 7.11 Å². The molecular formula is C19H26N2O. The molecule has 3 nitrogen and oxygen atoms in total. The summed E-state index contributed by atoms with van der Waals surface area (Å²) < 4.78 is 7.82. The maximum Gasteiger partial charge on any atom is 0.118 e. The van der Waals surface area contributed by atoms with Crippen LogP contribution in [-0.4, -0.2) is 37.2 Å². The number of hydrogen-bond acceptors (Lipinski definition) is 2. The minimum Gasteiger partial charge on any atom is -0.497 e. The van der Waals surface area contributed by atoms with E-state index >= 15 is 0 Å². The number of ether oxygens (including phenoxy) is 1. The van der Waals surface area contributed by atoms with Crippen molar-refractivity contribution in [1.29, 1.82) is 0 Å². The summed E-state index contributed by atoms with van der Waals surface area (Å²) in [6.07, 6.45) is 5.10. The van der Waals surface area contributed by atoms with Crippen molar-refractivity contribution in [3.05, 3.63) is 41.6 Å². The summed E-state index contributed by atoms with van der Waals surface area (Å²) in [7, 11) is 6.00. The summed E-state index contributed by atoms with van der Waals surface area (Å²) in [6.45, 7) is 2.13. The topological polar surface area (TPSA) is 17.4 Å². The first-order valence-corrected chi connectivity index (χ1v) is 8.19. The molecule has 0 unspecified atom stereocenters. The number of methoxy groups -OCH3 is 1. The van der Waals surface area contributed by atoms with E-state index in [9.17, 15) is 0 Å². The number of rotatable bonds is 5. The Bertz CT molecular complexity index is 626. The molecule has 0 radical (unpaired) electrons. The lowest BCUT2D eigenvalue weighted by molar-refractivity contribution is 0.381. The van der Waals surface area contributed by atoms with Gasteiger partial charge in [-0.1, -0.05) is 0 Å². The Hall–Kier alpha value is -1.74. The van der Waals surface area contributed by atoms with Crippen LogP contribution in [0.5, 0.6) is 5.75 Å². The second-order valence-corrected chi connectivity index (χ2v) is 6.39. The molecule has 3 rings (SSSR count). The van der Waals surface area contributed by atoms with Crippen LogP contribution in [0.4, 0.5) is 0 Å². The van der Waals surface area contributed by atoms with Crippen molar-refractivity contribution in [3.63, 3.8) is 0 Å². The van der Waals surface area contributed by atoms with Gasteiger partial charge in [0, 0.05) is 24.5 Å². The minimum absolute atomic E-state index is 0.917. The first-order chi connectivity index (χ1) is 10.7. The fraction of sp³-hybridized carbons (Fsp3) is 0.474. The van der Waals surface area contributed by atoms with Gasteiger partial charge in [0.2, 0.25) is 0 Å². The zero-order valence-corrected chi connectivity index (χ0v) is 13.9. The Morgan fingerprint density at radius 1 is 1.09 bits per heavy atom. The molecule has 22 heavy (non-hydrogen) atoms. The molecule has 0 bridgehead atoms. The van der Waals surface area contributed by atoms with Crippen LogP contribution >= 0.6 is 0 Å². The normalized spacial score (nSPS) is 14.2. The van der Waals surface area contributed by atoms with Gasteiger partial charge in [0.25, 0.3) is 0 Å². The lowest BCUT2D eigenvalue weighted by atomic mass is 9.98. The van der Waals surface area contributed by atoms with Crippen molar-refractivity contribution in [2.75, 3.05) is 27.7 Å². The Labute approximate surface area is 133 Å². The van der Waals surface area contributed by atoms with Gasteiger partial charge in [-0.2, -0.15) is 0 Å². The monoisotopic (exact) mass is 298 g/mol. The molecule has 118 valence electrons. The van der Waals surface area contributed by atoms with Crippen LogP contribution in [0, 0.1) is 0 Å². The highest BCUT2D eigenvalue weighted by molar-refractivity contribution is 5.63. The number of benzene rings is 1. The minimum atomic E-state index is 0.917. The summed E-state index contributed by atoms with van der Waals surface area (Å²) in [4.78, 5) is 2.26. The standard InChI is InChI=1S/C19H26N2O/c1-20(2)12-13-21-18-7-5-4-6-16(18)14-19(21)15-8-10-17(22-3)11-9-15/h8-11,14H,4-7,12-13H2,1-3H3. The van der Waals surface area contributed by atoms with E-state index in [0.717, 1.165) is 18.8 Å². The van der Waals surface area contributed by atoms with E-state index in [0.29, 0.717) is 0 Å². The fourth-order valence-electron chi connectivity index (χ4n) is 3.32. The van der Waals surface area contributed by atoms with Crippen molar-refractivity contribution in [1.82, 2.24) is 9.47 Å². The number of likely N-dealkylation sites (N-methyl/N-ethyl adjacent to an activating group) is 1. The molecule has 1 aliphatic rings. The number of aryl methyl sites for hydroxylation is 1. The smallest absolute Gasteiger partial charge is 0.118 e. The maximum atomic E-state index is 5.28. The molecular weight excluding hydrogens is 272 g/mol. The average molecular weight is 298 g/mol. The molecule has 1 aromatic carbocycles. The highest BCUT2D eigenvalue weighted by atomic mass is 16.5. The van der Waals surface area contributed by atoms with Crippen LogP contribution in [0.15, 0.2) is 30.3 Å². The van der Waals surface area contributed by atoms with Gasteiger partial charge in [-0.15, -0.1) is 0 Å². The predicted octanol–water partition coefficient (Wildman–Crippen LogP) is 3.60. The highest BCUT2D eigenvalue weighted by Crippen LogP contribution is 2.31. The number of hydrogen-bond donors (Lipinski definition) is 0. The number of aromatic nitrogens is 1. The van der Waals surface area contributed by atoms with Gasteiger partial charge in [-0.3, -0.25) is 0 Å². The Morgan fingerprint density at radius 2 is 1.82 bits per heavy atom. The van der Waals surface area contributed by atoms with Gasteiger partial charge >= 0.3 is 0 Å². The van der Waals surface area contributed by atoms with Crippen LogP contribution in [0.2, 0.25) is 0 Å². The number of fused-ring (bicyclic) bond motifs is 1. The highest BCUT2D eigenvalue weighted by Gasteiger charge is 2.19. The van der Waals surface area contributed by atoms with E-state index in [4.69, 9.17) is 4.74 Å². The molecule has 2 aromatic rings. The van der Waals surface area contributed by atoms with Crippen LogP contribution in [0.25, 0.3) is 11.3 Å². The molecule has 0 saturated carbocycles. The number of nitrogens with zero attached hydrogens (tertiary/aromatic N) is 2. The van der Waals surface area contributed by atoms with Crippen LogP contribution in [0.1, 0.15) is 24.1 Å². The van der Waals surface area contributed by atoms with Crippen LogP contribution < -0.4 is 4.74 Å². The van der Waals surface area contributed by atoms with Gasteiger partial charge in [-0.05, 0) is 81.2 Å². The van der Waals surface area contributed by atoms with Crippen molar-refractivity contribution < 1.29 is 4.74 Å². The van der Waals surface area contributed by atoms with E-state index in [1.165, 1.54) is 36.9 Å². The molecule has 0 atom stereocenters. The molecule has 0 spiro atoms. The molecule has 0 fully saturated rings. The van der Waals surface area contributed by atoms with E-state index in [1.807, 2.05) is 0 Å². The van der Waals surface area contributed by atoms with E-state index in [-0.39, 0.29) is 0 Å². The molecule has 1 aliphatic carbocycles. The second kappa shape index (κ2) is 6.57. The summed E-state index contributed by atoms with van der Waals surface area (Å²) >= 11 is 0. The lowest BCUT2D eigenvalue weighted by Gasteiger charge is -2.19. The van der Waals surface area contributed by atoms with Crippen LogP contribution in [0.3, 0.4) is 0 Å². The predicted molar refractivity (Wildman–Crippen MR) is 91.6 cm³/mol. The summed E-state index contributed by atoms with van der Waals surface area (Å²) in [5, 5.41) is 0. The largest absolute Gasteiger partial charge is 0.497 e. The summed E-state index contributed by atoms with van der Waals surface area (Å²) in [5.41, 5.74) is 5.75. The lowest BCUT2D eigenvalue weighted by Crippen LogP contribution is -2.20.